The summed E-state index contributed by atoms with van der Waals surface area (Å²) in [5, 5.41) is 9.06. The molecule has 6 heteroatoms. The first-order valence-corrected chi connectivity index (χ1v) is 6.38. The number of halogens is 1. The van der Waals surface area contributed by atoms with Gasteiger partial charge in [0.25, 0.3) is 0 Å². The lowest BCUT2D eigenvalue weighted by atomic mass is 10.0. The van der Waals surface area contributed by atoms with Crippen LogP contribution in [0.4, 0.5) is 4.48 Å². The maximum absolute atomic E-state index is 13.3. The molecule has 0 amide bonds. The maximum Gasteiger partial charge on any atom is 0.159 e. The Morgan fingerprint density at radius 1 is 1.22 bits per heavy atom. The summed E-state index contributed by atoms with van der Waals surface area (Å²) in [7, 11) is 0. The van der Waals surface area contributed by atoms with Gasteiger partial charge in [0.1, 0.15) is 6.67 Å². The fourth-order valence-electron chi connectivity index (χ4n) is 2.78. The Kier molecular flexibility index (Phi) is 2.62. The summed E-state index contributed by atoms with van der Waals surface area (Å²) in [6.45, 7) is 6.59. The van der Waals surface area contributed by atoms with Crippen molar-refractivity contribution >= 4 is 6.08 Å². The molecule has 0 unspecified atom stereocenters. The molecule has 18 heavy (non-hydrogen) atoms. The minimum Gasteiger partial charge on any atom is -0.291 e. The highest BCUT2D eigenvalue weighted by molar-refractivity contribution is 5.41. The van der Waals surface area contributed by atoms with E-state index in [0.717, 1.165) is 24.7 Å². The van der Waals surface area contributed by atoms with E-state index in [1.807, 2.05) is 4.57 Å². The van der Waals surface area contributed by atoms with Crippen molar-refractivity contribution in [2.45, 2.75) is 38.9 Å². The van der Waals surface area contributed by atoms with Gasteiger partial charge in [0.15, 0.2) is 11.6 Å². The van der Waals surface area contributed by atoms with E-state index in [-0.39, 0.29) is 12.2 Å². The smallest absolute Gasteiger partial charge is 0.159 e. The van der Waals surface area contributed by atoms with Gasteiger partial charge in [-0.1, -0.05) is 4.48 Å². The number of nitrogens with zero attached hydrogens (tertiary/aromatic N) is 5. The van der Waals surface area contributed by atoms with Gasteiger partial charge >= 0.3 is 0 Å². The van der Waals surface area contributed by atoms with Gasteiger partial charge < -0.3 is 0 Å². The van der Waals surface area contributed by atoms with Crippen LogP contribution in [-0.2, 0) is 12.2 Å². The average Bonchev–Trinajstić information content (AvgIpc) is 2.97. The zero-order chi connectivity index (χ0) is 12.8. The predicted molar refractivity (Wildman–Crippen MR) is 65.8 cm³/mol. The average molecular weight is 251 g/mol. The molecule has 0 spiro atoms. The molecule has 1 aromatic heterocycles. The summed E-state index contributed by atoms with van der Waals surface area (Å²) in [5.74, 6) is 1.57. The van der Waals surface area contributed by atoms with E-state index in [0.29, 0.717) is 5.12 Å². The Balaban J connectivity index is 1.97. The third-order valence-electron chi connectivity index (χ3n) is 3.89. The van der Waals surface area contributed by atoms with Crippen LogP contribution in [0.1, 0.15) is 38.3 Å². The Bertz CT molecular complexity index is 473. The van der Waals surface area contributed by atoms with Gasteiger partial charge in [0.05, 0.1) is 5.54 Å². The highest BCUT2D eigenvalue weighted by Crippen LogP contribution is 2.31. The lowest BCUT2D eigenvalue weighted by Gasteiger charge is -2.35. The fourth-order valence-corrected chi connectivity index (χ4v) is 2.78. The quantitative estimate of drug-likeness (QED) is 0.750. The van der Waals surface area contributed by atoms with Gasteiger partial charge in [-0.05, 0) is 39.8 Å². The first-order chi connectivity index (χ1) is 8.59. The molecule has 3 heterocycles. The topological polar surface area (TPSA) is 37.2 Å². The molecule has 1 aromatic rings. The van der Waals surface area contributed by atoms with Crippen molar-refractivity contribution in [3.8, 4) is 0 Å². The van der Waals surface area contributed by atoms with Gasteiger partial charge in [-0.3, -0.25) is 9.47 Å². The Morgan fingerprint density at radius 3 is 2.67 bits per heavy atom. The summed E-state index contributed by atoms with van der Waals surface area (Å²) in [5.41, 5.74) is -0.201. The zero-order valence-electron chi connectivity index (χ0n) is 10.8. The zero-order valence-corrected chi connectivity index (χ0v) is 10.8. The first kappa shape index (κ1) is 11.6. The van der Waals surface area contributed by atoms with Crippen molar-refractivity contribution < 1.29 is 4.48 Å². The predicted octanol–water partition coefficient (Wildman–Crippen LogP) is 1.74. The van der Waals surface area contributed by atoms with Crippen LogP contribution in [0.2, 0.25) is 0 Å². The van der Waals surface area contributed by atoms with E-state index in [9.17, 15) is 4.48 Å². The van der Waals surface area contributed by atoms with Gasteiger partial charge in [-0.2, -0.15) is 5.12 Å². The Morgan fingerprint density at radius 2 is 1.94 bits per heavy atom. The van der Waals surface area contributed by atoms with E-state index in [1.54, 1.807) is 6.08 Å². The third kappa shape index (κ3) is 1.71. The molecule has 1 fully saturated rings. The van der Waals surface area contributed by atoms with Crippen LogP contribution in [-0.4, -0.2) is 37.9 Å². The molecular formula is C12H18FN5. The molecule has 2 aliphatic rings. The second-order valence-corrected chi connectivity index (χ2v) is 5.42. The first-order valence-electron chi connectivity index (χ1n) is 6.38. The largest absolute Gasteiger partial charge is 0.291 e. The molecule has 0 N–H and O–H groups in total. The monoisotopic (exact) mass is 251 g/mol. The highest BCUT2D eigenvalue weighted by atomic mass is 19.2. The van der Waals surface area contributed by atoms with Crippen molar-refractivity contribution in [2.75, 3.05) is 13.1 Å². The molecule has 0 radical (unpaired) electrons. The summed E-state index contributed by atoms with van der Waals surface area (Å²) < 4.78 is 15.2. The van der Waals surface area contributed by atoms with Crippen LogP contribution in [0.15, 0.2) is 6.20 Å². The number of hydrogen-bond donors (Lipinski definition) is 0. The van der Waals surface area contributed by atoms with Gasteiger partial charge in [0, 0.05) is 12.3 Å². The second-order valence-electron chi connectivity index (χ2n) is 5.42. The molecule has 0 saturated carbocycles. The minimum absolute atomic E-state index is 0.172. The fraction of sp³-hybridized carbons (Fsp3) is 0.667. The van der Waals surface area contributed by atoms with Gasteiger partial charge in [-0.15, -0.1) is 10.2 Å². The minimum atomic E-state index is -0.201. The van der Waals surface area contributed by atoms with Crippen LogP contribution in [0, 0.1) is 0 Å². The maximum atomic E-state index is 13.3. The molecule has 98 valence electrons. The van der Waals surface area contributed by atoms with Crippen LogP contribution in [0.5, 0.6) is 0 Å². The van der Waals surface area contributed by atoms with Crippen LogP contribution in [0.3, 0.4) is 0 Å². The lowest BCUT2D eigenvalue weighted by Crippen LogP contribution is -2.42. The van der Waals surface area contributed by atoms with Crippen molar-refractivity contribution in [3.63, 3.8) is 0 Å². The molecular weight excluding hydrogens is 233 g/mol. The molecule has 1 saturated heterocycles. The number of rotatable bonds is 2. The third-order valence-corrected chi connectivity index (χ3v) is 3.89. The highest BCUT2D eigenvalue weighted by Gasteiger charge is 2.36. The van der Waals surface area contributed by atoms with Gasteiger partial charge in [0.2, 0.25) is 0 Å². The van der Waals surface area contributed by atoms with Crippen molar-refractivity contribution in [2.24, 2.45) is 0 Å². The number of likely N-dealkylation sites (tertiary alicyclic amines) is 1. The van der Waals surface area contributed by atoms with E-state index in [1.165, 1.54) is 19.0 Å². The summed E-state index contributed by atoms with van der Waals surface area (Å²) in [6, 6.07) is 0. The second kappa shape index (κ2) is 4.05. The molecule has 2 aliphatic heterocycles. The number of hydrogen-bond acceptors (Lipinski definition) is 4. The molecule has 0 bridgehead atoms. The van der Waals surface area contributed by atoms with Crippen molar-refractivity contribution in [1.82, 2.24) is 24.8 Å². The summed E-state index contributed by atoms with van der Waals surface area (Å²) in [6.07, 6.45) is 5.48. The van der Waals surface area contributed by atoms with E-state index < -0.39 is 0 Å². The normalized spacial score (nSPS) is 20.5. The Labute approximate surface area is 106 Å². The summed E-state index contributed by atoms with van der Waals surface area (Å²) >= 11 is 0. The molecule has 0 aliphatic carbocycles. The van der Waals surface area contributed by atoms with Crippen LogP contribution in [0.25, 0.3) is 6.08 Å². The van der Waals surface area contributed by atoms with Crippen LogP contribution < -0.4 is 0 Å². The molecule has 0 atom stereocenters. The van der Waals surface area contributed by atoms with Crippen molar-refractivity contribution in [1.29, 1.82) is 0 Å². The van der Waals surface area contributed by atoms with Crippen molar-refractivity contribution in [3.05, 3.63) is 17.8 Å². The Hall–Kier alpha value is -1.43. The van der Waals surface area contributed by atoms with E-state index in [4.69, 9.17) is 0 Å². The standard InChI is InChI=1S/C12H18FN5/c1-12(2,16-6-3-4-7-16)11-15-14-10-5-8-17(13)9-18(10)11/h5,8H,3-4,6-7,9H2,1-2H3. The molecule has 5 nitrogen and oxygen atoms in total. The van der Waals surface area contributed by atoms with E-state index >= 15 is 0 Å². The SMILES string of the molecule is CC(C)(c1nnc2n1CN(F)C=C2)N1CCCC1. The van der Waals surface area contributed by atoms with Gasteiger partial charge in [-0.25, -0.2) is 0 Å². The van der Waals surface area contributed by atoms with E-state index in [2.05, 4.69) is 28.9 Å². The van der Waals surface area contributed by atoms with Crippen LogP contribution >= 0.6 is 0 Å². The molecule has 0 aromatic carbocycles. The number of fused-ring (bicyclic) bond motifs is 1. The molecule has 3 rings (SSSR count). The lowest BCUT2D eigenvalue weighted by molar-refractivity contribution is 0.0417. The number of aromatic nitrogens is 3. The summed E-state index contributed by atoms with van der Waals surface area (Å²) in [4.78, 5) is 2.39.